The molecule has 0 aromatic carbocycles. The standard InChI is InChI=1S/C20H38N2O5/c1-7-26-17(23)20(16(2)21-12-8-9-15-25-6)10-13-22(14-11-20)18(24)27-19(3,4)5/h16,21H,7-15H2,1-6H3. The zero-order valence-corrected chi connectivity index (χ0v) is 17.9. The average Bonchev–Trinajstić information content (AvgIpc) is 2.60. The van der Waals surface area contributed by atoms with Crippen LogP contribution in [0.2, 0.25) is 0 Å². The van der Waals surface area contributed by atoms with Gasteiger partial charge < -0.3 is 24.4 Å². The molecule has 158 valence electrons. The topological polar surface area (TPSA) is 77.1 Å². The number of unbranched alkanes of at least 4 members (excludes halogenated alkanes) is 1. The second kappa shape index (κ2) is 10.9. The molecule has 0 radical (unpaired) electrons. The Morgan fingerprint density at radius 1 is 1.19 bits per heavy atom. The first kappa shape index (κ1) is 23.7. The molecule has 1 fully saturated rings. The number of hydrogen-bond donors (Lipinski definition) is 1. The van der Waals surface area contributed by atoms with Gasteiger partial charge in [0.2, 0.25) is 0 Å². The second-order valence-corrected chi connectivity index (χ2v) is 8.22. The zero-order valence-electron chi connectivity index (χ0n) is 17.9. The number of hydrogen-bond acceptors (Lipinski definition) is 6. The summed E-state index contributed by atoms with van der Waals surface area (Å²) in [6, 6.07) is -0.0279. The quantitative estimate of drug-likeness (QED) is 0.485. The SMILES string of the molecule is CCOC(=O)C1(C(C)NCCCCOC)CCN(C(=O)OC(C)(C)C)CC1. The van der Waals surface area contributed by atoms with Crippen LogP contribution in [0.5, 0.6) is 0 Å². The minimum Gasteiger partial charge on any atom is -0.466 e. The Labute approximate surface area is 164 Å². The van der Waals surface area contributed by atoms with Crippen LogP contribution in [0.4, 0.5) is 4.79 Å². The number of nitrogens with one attached hydrogen (secondary N) is 1. The van der Waals surface area contributed by atoms with Crippen molar-refractivity contribution in [3.63, 3.8) is 0 Å². The molecule has 1 heterocycles. The smallest absolute Gasteiger partial charge is 0.410 e. The monoisotopic (exact) mass is 386 g/mol. The van der Waals surface area contributed by atoms with E-state index in [9.17, 15) is 9.59 Å². The average molecular weight is 387 g/mol. The Morgan fingerprint density at radius 3 is 2.33 bits per heavy atom. The summed E-state index contributed by atoms with van der Waals surface area (Å²) in [6.07, 6.45) is 2.78. The van der Waals surface area contributed by atoms with Crippen LogP contribution in [0.3, 0.4) is 0 Å². The Hall–Kier alpha value is -1.34. The molecule has 1 saturated heterocycles. The lowest BCUT2D eigenvalue weighted by molar-refractivity contribution is -0.160. The van der Waals surface area contributed by atoms with Gasteiger partial charge in [-0.25, -0.2) is 4.79 Å². The van der Waals surface area contributed by atoms with E-state index < -0.39 is 11.0 Å². The maximum absolute atomic E-state index is 12.8. The molecule has 0 aliphatic carbocycles. The number of nitrogens with zero attached hydrogens (tertiary/aromatic N) is 1. The largest absolute Gasteiger partial charge is 0.466 e. The molecule has 0 spiro atoms. The van der Waals surface area contributed by atoms with Crippen molar-refractivity contribution in [3.05, 3.63) is 0 Å². The van der Waals surface area contributed by atoms with Crippen LogP contribution in [0.25, 0.3) is 0 Å². The van der Waals surface area contributed by atoms with Gasteiger partial charge in [0.1, 0.15) is 5.60 Å². The fourth-order valence-corrected chi connectivity index (χ4v) is 3.39. The van der Waals surface area contributed by atoms with Crippen molar-refractivity contribution >= 4 is 12.1 Å². The number of carbonyl (C=O) groups excluding carboxylic acids is 2. The highest BCUT2D eigenvalue weighted by molar-refractivity contribution is 5.78. The molecule has 0 saturated carbocycles. The number of piperidine rings is 1. The van der Waals surface area contributed by atoms with Gasteiger partial charge in [0.15, 0.2) is 0 Å². The van der Waals surface area contributed by atoms with Gasteiger partial charge in [0.05, 0.1) is 12.0 Å². The summed E-state index contributed by atoms with van der Waals surface area (Å²) in [5, 5.41) is 3.48. The highest BCUT2D eigenvalue weighted by Crippen LogP contribution is 2.37. The molecule has 0 aromatic heterocycles. The highest BCUT2D eigenvalue weighted by atomic mass is 16.6. The fraction of sp³-hybridized carbons (Fsp3) is 0.900. The van der Waals surface area contributed by atoms with Crippen LogP contribution in [-0.4, -0.2) is 68.6 Å². The highest BCUT2D eigenvalue weighted by Gasteiger charge is 2.47. The Bertz CT molecular complexity index is 467. The van der Waals surface area contributed by atoms with E-state index >= 15 is 0 Å². The molecule has 1 atom stereocenters. The summed E-state index contributed by atoms with van der Waals surface area (Å²) in [6.45, 7) is 12.3. The molecule has 0 aromatic rings. The second-order valence-electron chi connectivity index (χ2n) is 8.22. The van der Waals surface area contributed by atoms with E-state index in [0.717, 1.165) is 26.0 Å². The van der Waals surface area contributed by atoms with Crippen molar-refractivity contribution in [1.29, 1.82) is 0 Å². The van der Waals surface area contributed by atoms with Crippen molar-refractivity contribution in [1.82, 2.24) is 10.2 Å². The lowest BCUT2D eigenvalue weighted by Crippen LogP contribution is -2.56. The third kappa shape index (κ3) is 7.30. The van der Waals surface area contributed by atoms with Gasteiger partial charge in [0, 0.05) is 32.8 Å². The maximum atomic E-state index is 12.8. The predicted molar refractivity (Wildman–Crippen MR) is 105 cm³/mol. The van der Waals surface area contributed by atoms with Crippen LogP contribution in [0, 0.1) is 5.41 Å². The molecule has 1 rings (SSSR count). The van der Waals surface area contributed by atoms with Gasteiger partial charge in [-0.3, -0.25) is 4.79 Å². The predicted octanol–water partition coefficient (Wildman–Crippen LogP) is 2.97. The Morgan fingerprint density at radius 2 is 1.81 bits per heavy atom. The molecule has 1 unspecified atom stereocenters. The molecule has 1 aliphatic rings. The van der Waals surface area contributed by atoms with Crippen LogP contribution < -0.4 is 5.32 Å². The first-order valence-electron chi connectivity index (χ1n) is 10.0. The molecule has 7 nitrogen and oxygen atoms in total. The third-order valence-corrected chi connectivity index (χ3v) is 5.04. The van der Waals surface area contributed by atoms with Crippen molar-refractivity contribution in [2.75, 3.05) is 40.0 Å². The third-order valence-electron chi connectivity index (χ3n) is 5.04. The number of rotatable bonds is 9. The van der Waals surface area contributed by atoms with Crippen LogP contribution in [0.1, 0.15) is 60.3 Å². The van der Waals surface area contributed by atoms with E-state index in [-0.39, 0.29) is 18.1 Å². The van der Waals surface area contributed by atoms with Gasteiger partial charge in [-0.15, -0.1) is 0 Å². The molecule has 27 heavy (non-hydrogen) atoms. The minimum absolute atomic E-state index is 0.0279. The summed E-state index contributed by atoms with van der Waals surface area (Å²) in [4.78, 5) is 26.8. The molecule has 1 aliphatic heterocycles. The van der Waals surface area contributed by atoms with Crippen molar-refractivity contribution in [3.8, 4) is 0 Å². The number of ether oxygens (including phenoxy) is 3. The summed E-state index contributed by atoms with van der Waals surface area (Å²) < 4.78 is 15.9. The minimum atomic E-state index is -0.615. The van der Waals surface area contributed by atoms with E-state index in [1.807, 2.05) is 34.6 Å². The van der Waals surface area contributed by atoms with Gasteiger partial charge in [-0.1, -0.05) is 0 Å². The zero-order chi connectivity index (χ0) is 20.5. The van der Waals surface area contributed by atoms with Crippen molar-refractivity contribution in [2.45, 2.75) is 71.9 Å². The first-order valence-corrected chi connectivity index (χ1v) is 10.0. The fourth-order valence-electron chi connectivity index (χ4n) is 3.39. The number of amides is 1. The Balaban J connectivity index is 2.71. The molecule has 7 heteroatoms. The number of esters is 1. The maximum Gasteiger partial charge on any atom is 0.410 e. The van der Waals surface area contributed by atoms with E-state index in [1.54, 1.807) is 12.0 Å². The molecular formula is C20H38N2O5. The summed E-state index contributed by atoms with van der Waals surface area (Å²) in [5.41, 5.74) is -1.14. The summed E-state index contributed by atoms with van der Waals surface area (Å²) in [5.74, 6) is -0.175. The number of carbonyl (C=O) groups is 2. The summed E-state index contributed by atoms with van der Waals surface area (Å²) >= 11 is 0. The van der Waals surface area contributed by atoms with E-state index in [2.05, 4.69) is 5.32 Å². The molecule has 1 N–H and O–H groups in total. The number of likely N-dealkylation sites (tertiary alicyclic amines) is 1. The van der Waals surface area contributed by atoms with Gasteiger partial charge >= 0.3 is 12.1 Å². The van der Waals surface area contributed by atoms with E-state index in [0.29, 0.717) is 32.5 Å². The van der Waals surface area contributed by atoms with Crippen LogP contribution in [-0.2, 0) is 19.0 Å². The molecule has 1 amide bonds. The molecular weight excluding hydrogens is 348 g/mol. The lowest BCUT2D eigenvalue weighted by atomic mass is 9.72. The number of methoxy groups -OCH3 is 1. The van der Waals surface area contributed by atoms with Gasteiger partial charge in [-0.2, -0.15) is 0 Å². The van der Waals surface area contributed by atoms with Gasteiger partial charge in [0.25, 0.3) is 0 Å². The van der Waals surface area contributed by atoms with Crippen LogP contribution >= 0.6 is 0 Å². The van der Waals surface area contributed by atoms with E-state index in [1.165, 1.54) is 0 Å². The van der Waals surface area contributed by atoms with Crippen LogP contribution in [0.15, 0.2) is 0 Å². The van der Waals surface area contributed by atoms with Gasteiger partial charge in [-0.05, 0) is 66.8 Å². The molecule has 0 bridgehead atoms. The van der Waals surface area contributed by atoms with E-state index in [4.69, 9.17) is 14.2 Å². The van der Waals surface area contributed by atoms with Crippen molar-refractivity contribution < 1.29 is 23.8 Å². The van der Waals surface area contributed by atoms with Crippen molar-refractivity contribution in [2.24, 2.45) is 5.41 Å². The lowest BCUT2D eigenvalue weighted by Gasteiger charge is -2.43. The normalized spacial score (nSPS) is 18.1. The Kier molecular flexibility index (Phi) is 9.53. The summed E-state index contributed by atoms with van der Waals surface area (Å²) in [7, 11) is 1.70. The first-order chi connectivity index (χ1) is 12.7.